The Bertz CT molecular complexity index is 224. The summed E-state index contributed by atoms with van der Waals surface area (Å²) < 4.78 is 5.08. The number of alkyl carbamates (subject to hydrolysis) is 1. The van der Waals surface area contributed by atoms with Crippen molar-refractivity contribution in [3.63, 3.8) is 0 Å². The summed E-state index contributed by atoms with van der Waals surface area (Å²) in [4.78, 5) is 21.3. The van der Waals surface area contributed by atoms with Crippen molar-refractivity contribution in [3.8, 4) is 0 Å². The van der Waals surface area contributed by atoms with Crippen LogP contribution in [0.1, 0.15) is 40.0 Å². The van der Waals surface area contributed by atoms with Crippen LogP contribution in [0.15, 0.2) is 0 Å². The van der Waals surface area contributed by atoms with E-state index in [0.717, 1.165) is 25.7 Å². The highest BCUT2D eigenvalue weighted by atomic mass is 16.6. The molecule has 0 aliphatic heterocycles. The van der Waals surface area contributed by atoms with E-state index in [9.17, 15) is 9.59 Å². The highest BCUT2D eigenvalue weighted by Gasteiger charge is 2.15. The summed E-state index contributed by atoms with van der Waals surface area (Å²) >= 11 is 0. The van der Waals surface area contributed by atoms with Gasteiger partial charge in [-0.25, -0.2) is 4.79 Å². The number of amides is 1. The Morgan fingerprint density at radius 2 is 1.88 bits per heavy atom. The second kappa shape index (κ2) is 8.98. The monoisotopic (exact) mass is 244 g/mol. The number of ether oxygens (including phenoxy) is 1. The van der Waals surface area contributed by atoms with Crippen LogP contribution in [0.3, 0.4) is 0 Å². The van der Waals surface area contributed by atoms with Crippen LogP contribution >= 0.6 is 0 Å². The predicted molar refractivity (Wildman–Crippen MR) is 67.0 cm³/mol. The first-order chi connectivity index (χ1) is 7.95. The lowest BCUT2D eigenvalue weighted by Crippen LogP contribution is -2.36. The molecule has 0 saturated carbocycles. The van der Waals surface area contributed by atoms with Gasteiger partial charge in [0.2, 0.25) is 0 Å². The Labute approximate surface area is 103 Å². The molecule has 0 atom stereocenters. The number of nitrogens with one attached hydrogen (secondary N) is 2. The minimum Gasteiger partial charge on any atom is -0.444 e. The fourth-order valence-corrected chi connectivity index (χ4v) is 1.17. The normalized spacial score (nSPS) is 11.0. The molecule has 2 N–H and O–H groups in total. The number of aldehydes is 1. The van der Waals surface area contributed by atoms with Crippen molar-refractivity contribution in [2.75, 3.05) is 19.6 Å². The largest absolute Gasteiger partial charge is 0.444 e. The molecule has 0 fully saturated rings. The first-order valence-corrected chi connectivity index (χ1v) is 6.07. The molecular weight excluding hydrogens is 220 g/mol. The van der Waals surface area contributed by atoms with Crippen LogP contribution in [0.25, 0.3) is 0 Å². The van der Waals surface area contributed by atoms with E-state index >= 15 is 0 Å². The Kier molecular flexibility index (Phi) is 8.40. The molecule has 0 aromatic heterocycles. The predicted octanol–water partition coefficient (Wildman–Crippen LogP) is 1.47. The molecule has 0 spiro atoms. The van der Waals surface area contributed by atoms with E-state index in [4.69, 9.17) is 4.74 Å². The lowest BCUT2D eigenvalue weighted by molar-refractivity contribution is -0.107. The molecule has 0 saturated heterocycles. The molecule has 1 amide bonds. The summed E-state index contributed by atoms with van der Waals surface area (Å²) in [6.07, 6.45) is 3.06. The zero-order valence-electron chi connectivity index (χ0n) is 11.0. The summed E-state index contributed by atoms with van der Waals surface area (Å²) in [6.45, 7) is 7.61. The summed E-state index contributed by atoms with van der Waals surface area (Å²) in [5, 5.41) is 5.84. The van der Waals surface area contributed by atoms with Gasteiger partial charge in [0.1, 0.15) is 11.9 Å². The minimum atomic E-state index is -0.452. The summed E-state index contributed by atoms with van der Waals surface area (Å²) in [5.41, 5.74) is -0.452. The van der Waals surface area contributed by atoms with Crippen molar-refractivity contribution in [2.45, 2.75) is 45.6 Å². The van der Waals surface area contributed by atoms with Crippen molar-refractivity contribution in [1.82, 2.24) is 10.6 Å². The lowest BCUT2D eigenvalue weighted by atomic mass is 10.2. The van der Waals surface area contributed by atoms with Gasteiger partial charge in [-0.15, -0.1) is 0 Å². The highest BCUT2D eigenvalue weighted by Crippen LogP contribution is 2.05. The molecule has 0 rings (SSSR count). The quantitative estimate of drug-likeness (QED) is 0.501. The zero-order chi connectivity index (χ0) is 13.1. The van der Waals surface area contributed by atoms with Gasteiger partial charge in [-0.2, -0.15) is 0 Å². The van der Waals surface area contributed by atoms with Crippen molar-refractivity contribution >= 4 is 12.4 Å². The number of carbonyl (C=O) groups excluding carboxylic acids is 2. The van der Waals surface area contributed by atoms with Crippen LogP contribution in [0.5, 0.6) is 0 Å². The molecule has 5 nitrogen and oxygen atoms in total. The maximum Gasteiger partial charge on any atom is 0.407 e. The van der Waals surface area contributed by atoms with Crippen LogP contribution < -0.4 is 10.6 Å². The molecule has 0 aromatic rings. The van der Waals surface area contributed by atoms with Crippen molar-refractivity contribution < 1.29 is 14.3 Å². The van der Waals surface area contributed by atoms with Crippen LogP contribution in [-0.2, 0) is 9.53 Å². The van der Waals surface area contributed by atoms with Gasteiger partial charge in [0.05, 0.1) is 0 Å². The third-order valence-corrected chi connectivity index (χ3v) is 1.90. The number of carbonyl (C=O) groups is 2. The van der Waals surface area contributed by atoms with Gasteiger partial charge >= 0.3 is 6.09 Å². The molecule has 0 bridgehead atoms. The third kappa shape index (κ3) is 12.8. The average molecular weight is 244 g/mol. The minimum absolute atomic E-state index is 0.389. The van der Waals surface area contributed by atoms with Gasteiger partial charge in [-0.05, 0) is 40.2 Å². The summed E-state index contributed by atoms with van der Waals surface area (Å²) in [5.74, 6) is 0. The summed E-state index contributed by atoms with van der Waals surface area (Å²) in [6, 6.07) is 0. The zero-order valence-corrected chi connectivity index (χ0v) is 11.0. The van der Waals surface area contributed by atoms with E-state index in [-0.39, 0.29) is 6.09 Å². The van der Waals surface area contributed by atoms with Gasteiger partial charge < -0.3 is 20.2 Å². The van der Waals surface area contributed by atoms with Crippen LogP contribution in [-0.4, -0.2) is 37.6 Å². The van der Waals surface area contributed by atoms with E-state index in [1.165, 1.54) is 0 Å². The molecular formula is C12H24N2O3. The lowest BCUT2D eigenvalue weighted by Gasteiger charge is -2.19. The molecule has 100 valence electrons. The average Bonchev–Trinajstić information content (AvgIpc) is 2.19. The SMILES string of the molecule is CC(C)(C)OC(=O)NCCNCCCCC=O. The molecule has 0 heterocycles. The van der Waals surface area contributed by atoms with E-state index in [0.29, 0.717) is 19.5 Å². The molecule has 0 unspecified atom stereocenters. The number of rotatable bonds is 8. The van der Waals surface area contributed by atoms with Crippen LogP contribution in [0, 0.1) is 0 Å². The van der Waals surface area contributed by atoms with Crippen molar-refractivity contribution in [3.05, 3.63) is 0 Å². The molecule has 0 aliphatic rings. The Balaban J connectivity index is 3.28. The molecule has 0 aliphatic carbocycles. The molecule has 0 aromatic carbocycles. The Morgan fingerprint density at radius 3 is 2.47 bits per heavy atom. The van der Waals surface area contributed by atoms with E-state index < -0.39 is 5.60 Å². The van der Waals surface area contributed by atoms with Gasteiger partial charge in [0.15, 0.2) is 0 Å². The van der Waals surface area contributed by atoms with Crippen LogP contribution in [0.2, 0.25) is 0 Å². The Hall–Kier alpha value is -1.10. The fourth-order valence-electron chi connectivity index (χ4n) is 1.17. The summed E-state index contributed by atoms with van der Waals surface area (Å²) in [7, 11) is 0. The fraction of sp³-hybridized carbons (Fsp3) is 0.833. The molecule has 0 radical (unpaired) electrons. The maximum atomic E-state index is 11.2. The standard InChI is InChI=1S/C12H24N2O3/c1-12(2,3)17-11(16)14-9-8-13-7-5-4-6-10-15/h10,13H,4-9H2,1-3H3,(H,14,16). The third-order valence-electron chi connectivity index (χ3n) is 1.90. The topological polar surface area (TPSA) is 67.4 Å². The van der Waals surface area contributed by atoms with E-state index in [2.05, 4.69) is 10.6 Å². The molecule has 17 heavy (non-hydrogen) atoms. The highest BCUT2D eigenvalue weighted by molar-refractivity contribution is 5.67. The van der Waals surface area contributed by atoms with Gasteiger partial charge in [0, 0.05) is 19.5 Å². The Morgan fingerprint density at radius 1 is 1.18 bits per heavy atom. The van der Waals surface area contributed by atoms with Gasteiger partial charge in [-0.1, -0.05) is 0 Å². The van der Waals surface area contributed by atoms with Gasteiger partial charge in [-0.3, -0.25) is 0 Å². The first-order valence-electron chi connectivity index (χ1n) is 6.07. The van der Waals surface area contributed by atoms with Crippen molar-refractivity contribution in [1.29, 1.82) is 0 Å². The van der Waals surface area contributed by atoms with Crippen molar-refractivity contribution in [2.24, 2.45) is 0 Å². The molecule has 5 heteroatoms. The van der Waals surface area contributed by atoms with Gasteiger partial charge in [0.25, 0.3) is 0 Å². The number of unbranched alkanes of at least 4 members (excludes halogenated alkanes) is 2. The smallest absolute Gasteiger partial charge is 0.407 e. The second-order valence-electron chi connectivity index (χ2n) is 4.84. The number of hydrogen-bond donors (Lipinski definition) is 2. The van der Waals surface area contributed by atoms with E-state index in [1.54, 1.807) is 0 Å². The first kappa shape index (κ1) is 15.9. The second-order valence-corrected chi connectivity index (χ2v) is 4.84. The van der Waals surface area contributed by atoms with E-state index in [1.807, 2.05) is 20.8 Å². The van der Waals surface area contributed by atoms with Crippen LogP contribution in [0.4, 0.5) is 4.79 Å². The maximum absolute atomic E-state index is 11.2. The number of hydrogen-bond acceptors (Lipinski definition) is 4.